The number of halogens is 1. The lowest BCUT2D eigenvalue weighted by atomic mass is 10.1. The Bertz CT molecular complexity index is 701. The molecule has 0 radical (unpaired) electrons. The van der Waals surface area contributed by atoms with Crippen LogP contribution >= 0.6 is 11.6 Å². The minimum absolute atomic E-state index is 0.0954. The van der Waals surface area contributed by atoms with Crippen molar-refractivity contribution in [1.29, 1.82) is 0 Å². The molecule has 0 aromatic heterocycles. The summed E-state index contributed by atoms with van der Waals surface area (Å²) >= 11 is 6.34. The fraction of sp³-hybridized carbons (Fsp3) is 0.619. The van der Waals surface area contributed by atoms with E-state index in [9.17, 15) is 9.59 Å². The molecular weight excluding hydrogens is 394 g/mol. The van der Waals surface area contributed by atoms with E-state index in [-0.39, 0.29) is 11.8 Å². The molecule has 1 aliphatic rings. The number of ether oxygens (including phenoxy) is 2. The maximum absolute atomic E-state index is 13.0. The quantitative estimate of drug-likeness (QED) is 0.608. The standard InChI is InChI=1S/C21H32ClN3O4/c1-5-12-29-20-17(22)13-16(14-18(20)28-4)21(27)25-10-8-23(9-11-25)15-19(26)24(6-2)7-3/h13-14H,5-12,15H2,1-4H3. The number of nitrogens with zero attached hydrogens (tertiary/aromatic N) is 3. The van der Waals surface area contributed by atoms with E-state index in [0.29, 0.717) is 74.5 Å². The summed E-state index contributed by atoms with van der Waals surface area (Å²) in [4.78, 5) is 31.0. The maximum Gasteiger partial charge on any atom is 0.254 e. The van der Waals surface area contributed by atoms with Crippen LogP contribution in [-0.2, 0) is 4.79 Å². The second-order valence-electron chi connectivity index (χ2n) is 6.97. The molecule has 8 heteroatoms. The molecule has 0 N–H and O–H groups in total. The van der Waals surface area contributed by atoms with E-state index in [4.69, 9.17) is 21.1 Å². The summed E-state index contributed by atoms with van der Waals surface area (Å²) in [6.07, 6.45) is 0.848. The smallest absolute Gasteiger partial charge is 0.254 e. The summed E-state index contributed by atoms with van der Waals surface area (Å²) in [6.45, 7) is 10.8. The zero-order chi connectivity index (χ0) is 21.4. The molecule has 2 amide bonds. The summed E-state index contributed by atoms with van der Waals surface area (Å²) < 4.78 is 11.0. The van der Waals surface area contributed by atoms with Crippen molar-refractivity contribution in [1.82, 2.24) is 14.7 Å². The first-order valence-corrected chi connectivity index (χ1v) is 10.6. The Hall–Kier alpha value is -1.99. The van der Waals surface area contributed by atoms with Crippen molar-refractivity contribution < 1.29 is 19.1 Å². The highest BCUT2D eigenvalue weighted by Gasteiger charge is 2.25. The number of piperazine rings is 1. The number of carbonyl (C=O) groups is 2. The van der Waals surface area contributed by atoms with E-state index >= 15 is 0 Å². The SMILES string of the molecule is CCCOc1c(Cl)cc(C(=O)N2CCN(CC(=O)N(CC)CC)CC2)cc1OC. The van der Waals surface area contributed by atoms with Gasteiger partial charge in [0.1, 0.15) is 0 Å². The molecule has 1 heterocycles. The molecule has 0 atom stereocenters. The Morgan fingerprint density at radius 3 is 2.31 bits per heavy atom. The number of carbonyl (C=O) groups excluding carboxylic acids is 2. The van der Waals surface area contributed by atoms with Crippen LogP contribution in [0.4, 0.5) is 0 Å². The average molecular weight is 426 g/mol. The van der Waals surface area contributed by atoms with Gasteiger partial charge in [-0.1, -0.05) is 18.5 Å². The molecule has 1 aromatic rings. The van der Waals surface area contributed by atoms with Gasteiger partial charge in [-0.15, -0.1) is 0 Å². The lowest BCUT2D eigenvalue weighted by molar-refractivity contribution is -0.132. The fourth-order valence-electron chi connectivity index (χ4n) is 3.35. The van der Waals surface area contributed by atoms with Gasteiger partial charge < -0.3 is 19.3 Å². The van der Waals surface area contributed by atoms with Gasteiger partial charge in [-0.05, 0) is 32.4 Å². The van der Waals surface area contributed by atoms with Crippen molar-refractivity contribution in [2.75, 3.05) is 59.5 Å². The maximum atomic E-state index is 13.0. The molecule has 0 bridgehead atoms. The van der Waals surface area contributed by atoms with Gasteiger partial charge in [0.2, 0.25) is 5.91 Å². The van der Waals surface area contributed by atoms with Crippen LogP contribution in [0.2, 0.25) is 5.02 Å². The number of amides is 2. The molecule has 1 saturated heterocycles. The Labute approximate surface area is 178 Å². The van der Waals surface area contributed by atoms with Gasteiger partial charge in [0.05, 0.1) is 25.3 Å². The summed E-state index contributed by atoms with van der Waals surface area (Å²) in [5.74, 6) is 0.959. The fourth-order valence-corrected chi connectivity index (χ4v) is 3.61. The van der Waals surface area contributed by atoms with Crippen molar-refractivity contribution in [2.24, 2.45) is 0 Å². The van der Waals surface area contributed by atoms with E-state index in [1.165, 1.54) is 7.11 Å². The molecule has 7 nitrogen and oxygen atoms in total. The third-order valence-electron chi connectivity index (χ3n) is 5.06. The highest BCUT2D eigenvalue weighted by molar-refractivity contribution is 6.32. The van der Waals surface area contributed by atoms with Crippen LogP contribution in [-0.4, -0.2) is 86.0 Å². The van der Waals surface area contributed by atoms with Crippen molar-refractivity contribution in [3.8, 4) is 11.5 Å². The molecule has 1 aliphatic heterocycles. The van der Waals surface area contributed by atoms with Crippen LogP contribution in [0.15, 0.2) is 12.1 Å². The lowest BCUT2D eigenvalue weighted by Crippen LogP contribution is -2.51. The van der Waals surface area contributed by atoms with E-state index in [1.807, 2.05) is 25.7 Å². The zero-order valence-electron chi connectivity index (χ0n) is 17.9. The largest absolute Gasteiger partial charge is 0.493 e. The Balaban J connectivity index is 2.00. The molecule has 0 unspecified atom stereocenters. The van der Waals surface area contributed by atoms with Gasteiger partial charge in [-0.25, -0.2) is 0 Å². The van der Waals surface area contributed by atoms with Gasteiger partial charge in [-0.2, -0.15) is 0 Å². The number of rotatable bonds is 9. The third kappa shape index (κ3) is 6.00. The van der Waals surface area contributed by atoms with Gasteiger partial charge in [0.25, 0.3) is 5.91 Å². The van der Waals surface area contributed by atoms with E-state index in [2.05, 4.69) is 4.90 Å². The van der Waals surface area contributed by atoms with Crippen LogP contribution in [0.3, 0.4) is 0 Å². The van der Waals surface area contributed by atoms with Gasteiger partial charge >= 0.3 is 0 Å². The van der Waals surface area contributed by atoms with Crippen LogP contribution < -0.4 is 9.47 Å². The first-order chi connectivity index (χ1) is 13.9. The molecule has 162 valence electrons. The number of hydrogen-bond acceptors (Lipinski definition) is 5. The molecule has 0 spiro atoms. The molecular formula is C21H32ClN3O4. The van der Waals surface area contributed by atoms with E-state index in [1.54, 1.807) is 17.0 Å². The van der Waals surface area contributed by atoms with Crippen molar-refractivity contribution in [3.63, 3.8) is 0 Å². The molecule has 29 heavy (non-hydrogen) atoms. The molecule has 2 rings (SSSR count). The van der Waals surface area contributed by atoms with Gasteiger partial charge in [0.15, 0.2) is 11.5 Å². The summed E-state index contributed by atoms with van der Waals surface area (Å²) in [5.41, 5.74) is 0.475. The van der Waals surface area contributed by atoms with Crippen LogP contribution in [0.25, 0.3) is 0 Å². The van der Waals surface area contributed by atoms with Crippen molar-refractivity contribution in [2.45, 2.75) is 27.2 Å². The number of methoxy groups -OCH3 is 1. The van der Waals surface area contributed by atoms with Crippen LogP contribution in [0.1, 0.15) is 37.6 Å². The van der Waals surface area contributed by atoms with E-state index < -0.39 is 0 Å². The lowest BCUT2D eigenvalue weighted by Gasteiger charge is -2.35. The number of hydrogen-bond donors (Lipinski definition) is 0. The minimum atomic E-state index is -0.0954. The molecule has 0 aliphatic carbocycles. The second-order valence-corrected chi connectivity index (χ2v) is 7.38. The van der Waals surface area contributed by atoms with Crippen molar-refractivity contribution >= 4 is 23.4 Å². The monoisotopic (exact) mass is 425 g/mol. The predicted molar refractivity (Wildman–Crippen MR) is 114 cm³/mol. The normalized spacial score (nSPS) is 14.6. The minimum Gasteiger partial charge on any atom is -0.493 e. The van der Waals surface area contributed by atoms with Crippen LogP contribution in [0, 0.1) is 0 Å². The Kier molecular flexibility index (Phi) is 9.04. The second kappa shape index (κ2) is 11.3. The summed E-state index contributed by atoms with van der Waals surface area (Å²) in [7, 11) is 1.53. The highest BCUT2D eigenvalue weighted by Crippen LogP contribution is 2.37. The summed E-state index contributed by atoms with van der Waals surface area (Å²) in [5, 5.41) is 0.365. The summed E-state index contributed by atoms with van der Waals surface area (Å²) in [6, 6.07) is 3.31. The first-order valence-electron chi connectivity index (χ1n) is 10.2. The Morgan fingerprint density at radius 1 is 1.10 bits per heavy atom. The first kappa shape index (κ1) is 23.3. The highest BCUT2D eigenvalue weighted by atomic mass is 35.5. The topological polar surface area (TPSA) is 62.3 Å². The Morgan fingerprint density at radius 2 is 1.76 bits per heavy atom. The number of benzene rings is 1. The van der Waals surface area contributed by atoms with Crippen LogP contribution in [0.5, 0.6) is 11.5 Å². The predicted octanol–water partition coefficient (Wildman–Crippen LogP) is 2.76. The van der Waals surface area contributed by atoms with Gasteiger partial charge in [-0.3, -0.25) is 14.5 Å². The van der Waals surface area contributed by atoms with Gasteiger partial charge in [0, 0.05) is 44.8 Å². The zero-order valence-corrected chi connectivity index (χ0v) is 18.6. The molecule has 1 fully saturated rings. The molecule has 1 aromatic carbocycles. The third-order valence-corrected chi connectivity index (χ3v) is 5.34. The average Bonchev–Trinajstić information content (AvgIpc) is 2.73. The number of likely N-dealkylation sites (N-methyl/N-ethyl adjacent to an activating group) is 1. The van der Waals surface area contributed by atoms with Crippen molar-refractivity contribution in [3.05, 3.63) is 22.7 Å². The van der Waals surface area contributed by atoms with E-state index in [0.717, 1.165) is 6.42 Å². The molecule has 0 saturated carbocycles.